The molecule has 1 aliphatic rings. The van der Waals surface area contributed by atoms with E-state index < -0.39 is 41.5 Å². The van der Waals surface area contributed by atoms with E-state index in [0.29, 0.717) is 0 Å². The maximum atomic E-state index is 14.9. The van der Waals surface area contributed by atoms with Gasteiger partial charge in [0.2, 0.25) is 0 Å². The third-order valence-electron chi connectivity index (χ3n) is 6.20. The van der Waals surface area contributed by atoms with Crippen molar-refractivity contribution in [2.75, 3.05) is 25.5 Å². The van der Waals surface area contributed by atoms with Crippen molar-refractivity contribution in [2.45, 2.75) is 58.2 Å². The van der Waals surface area contributed by atoms with E-state index in [1.165, 1.54) is 25.1 Å². The van der Waals surface area contributed by atoms with Crippen LogP contribution in [0, 0.1) is 11.6 Å². The second-order valence-corrected chi connectivity index (χ2v) is 9.47. The smallest absolute Gasteiger partial charge is 0.266 e. The number of nitrogens with zero attached hydrogens (tertiary/aromatic N) is 1. The molecular weight excluding hydrogens is 476 g/mol. The number of hydrogen-bond acceptors (Lipinski definition) is 4. The normalized spacial score (nSPS) is 15.7. The van der Waals surface area contributed by atoms with E-state index in [0.717, 1.165) is 38.1 Å². The second kappa shape index (κ2) is 11.7. The monoisotopic (exact) mass is 508 g/mol. The summed E-state index contributed by atoms with van der Waals surface area (Å²) in [6, 6.07) is 4.64. The number of anilines is 1. The minimum atomic E-state index is -3.00. The summed E-state index contributed by atoms with van der Waals surface area (Å²) < 4.78 is 55.9. The molecule has 1 atom stereocenters. The highest BCUT2D eigenvalue weighted by Crippen LogP contribution is 2.29. The van der Waals surface area contributed by atoms with Gasteiger partial charge in [0.1, 0.15) is 11.6 Å². The van der Waals surface area contributed by atoms with Gasteiger partial charge in [-0.15, -0.1) is 0 Å². The molecule has 196 valence electrons. The Morgan fingerprint density at radius 3 is 2.17 bits per heavy atom. The molecule has 2 aromatic carbocycles. The third-order valence-corrected chi connectivity index (χ3v) is 6.20. The van der Waals surface area contributed by atoms with Crippen LogP contribution in [0.15, 0.2) is 30.3 Å². The van der Waals surface area contributed by atoms with Crippen LogP contribution in [-0.2, 0) is 0 Å². The lowest BCUT2D eigenvalue weighted by atomic mass is 10.0. The molecule has 0 spiro atoms. The van der Waals surface area contributed by atoms with Crippen LogP contribution < -0.4 is 16.0 Å². The van der Waals surface area contributed by atoms with Gasteiger partial charge in [0.05, 0.1) is 28.4 Å². The minimum Gasteiger partial charge on any atom is -0.381 e. The molecule has 1 aliphatic heterocycles. The maximum absolute atomic E-state index is 14.9. The summed E-state index contributed by atoms with van der Waals surface area (Å²) in [4.78, 5) is 28.0. The Morgan fingerprint density at radius 1 is 0.944 bits per heavy atom. The molecule has 0 radical (unpaired) electrons. The first-order chi connectivity index (χ1) is 17.0. The lowest BCUT2D eigenvalue weighted by Crippen LogP contribution is -2.37. The van der Waals surface area contributed by atoms with Gasteiger partial charge < -0.3 is 20.9 Å². The first-order valence-corrected chi connectivity index (χ1v) is 11.9. The Balaban J connectivity index is 1.93. The quantitative estimate of drug-likeness (QED) is 0.437. The third kappa shape index (κ3) is 6.54. The van der Waals surface area contributed by atoms with Crippen LogP contribution in [0.1, 0.15) is 77.9 Å². The SMILES string of the molecule is CC(C)NC(=O)c1cc(C(=O)N[C@H](C)c2cccc(C(F)F)c2F)c(NC2CCN(C)CC2)cc1F. The summed E-state index contributed by atoms with van der Waals surface area (Å²) in [5.41, 5.74) is -0.962. The Labute approximate surface area is 208 Å². The van der Waals surface area contributed by atoms with E-state index in [4.69, 9.17) is 0 Å². The first kappa shape index (κ1) is 27.4. The summed E-state index contributed by atoms with van der Waals surface area (Å²) in [7, 11) is 2.00. The molecular formula is C26H32F4N4O2. The standard InChI is InChI=1S/C26H32F4N4O2/c1-14(2)31-25(35)19-12-20(22(13-21(19)27)33-16-8-10-34(4)11-9-16)26(36)32-15(3)17-6-5-7-18(23(17)28)24(29)30/h5-7,12-16,24,33H,8-11H2,1-4H3,(H,31,35)(H,32,36)/t15-/m1/s1. The first-order valence-electron chi connectivity index (χ1n) is 11.9. The number of alkyl halides is 2. The molecule has 0 saturated carbocycles. The lowest BCUT2D eigenvalue weighted by Gasteiger charge is -2.31. The van der Waals surface area contributed by atoms with Gasteiger partial charge in [0.25, 0.3) is 18.2 Å². The van der Waals surface area contributed by atoms with Crippen molar-refractivity contribution in [3.63, 3.8) is 0 Å². The molecule has 3 rings (SSSR count). The fourth-order valence-electron chi connectivity index (χ4n) is 4.19. The fraction of sp³-hybridized carbons (Fsp3) is 0.462. The molecule has 0 aliphatic carbocycles. The van der Waals surface area contributed by atoms with Crippen LogP contribution in [0.5, 0.6) is 0 Å². The van der Waals surface area contributed by atoms with Crippen LogP contribution >= 0.6 is 0 Å². The van der Waals surface area contributed by atoms with Gasteiger partial charge >= 0.3 is 0 Å². The Kier molecular flexibility index (Phi) is 8.94. The van der Waals surface area contributed by atoms with Crippen LogP contribution in [0.3, 0.4) is 0 Å². The minimum absolute atomic E-state index is 0.00139. The number of likely N-dealkylation sites (tertiary alicyclic amines) is 1. The zero-order chi connectivity index (χ0) is 26.6. The van der Waals surface area contributed by atoms with Crippen LogP contribution in [-0.4, -0.2) is 48.9 Å². The Bertz CT molecular complexity index is 1100. The predicted molar refractivity (Wildman–Crippen MR) is 130 cm³/mol. The van der Waals surface area contributed by atoms with E-state index in [-0.39, 0.29) is 34.5 Å². The van der Waals surface area contributed by atoms with Crippen molar-refractivity contribution in [1.29, 1.82) is 0 Å². The number of amides is 2. The van der Waals surface area contributed by atoms with E-state index in [9.17, 15) is 27.2 Å². The average Bonchev–Trinajstić information content (AvgIpc) is 2.79. The molecule has 0 bridgehead atoms. The Morgan fingerprint density at radius 2 is 1.56 bits per heavy atom. The van der Waals surface area contributed by atoms with E-state index in [2.05, 4.69) is 20.9 Å². The molecule has 6 nitrogen and oxygen atoms in total. The molecule has 1 saturated heterocycles. The number of halogens is 4. The summed E-state index contributed by atoms with van der Waals surface area (Å²) >= 11 is 0. The molecule has 1 heterocycles. The van der Waals surface area contributed by atoms with Gasteiger partial charge in [0.15, 0.2) is 0 Å². The molecule has 2 amide bonds. The number of carbonyl (C=O) groups excluding carboxylic acids is 2. The number of rotatable bonds is 8. The molecule has 10 heteroatoms. The average molecular weight is 509 g/mol. The van der Waals surface area contributed by atoms with Crippen molar-refractivity contribution < 1.29 is 27.2 Å². The lowest BCUT2D eigenvalue weighted by molar-refractivity contribution is 0.0938. The van der Waals surface area contributed by atoms with Crippen LogP contribution in [0.4, 0.5) is 23.2 Å². The van der Waals surface area contributed by atoms with Crippen LogP contribution in [0.2, 0.25) is 0 Å². The molecule has 3 N–H and O–H groups in total. The molecule has 36 heavy (non-hydrogen) atoms. The predicted octanol–water partition coefficient (Wildman–Crippen LogP) is 5.04. The van der Waals surface area contributed by atoms with Crippen molar-refractivity contribution in [1.82, 2.24) is 15.5 Å². The van der Waals surface area contributed by atoms with Gasteiger partial charge in [-0.25, -0.2) is 17.6 Å². The Hall–Kier alpha value is -3.14. The van der Waals surface area contributed by atoms with E-state index >= 15 is 0 Å². The van der Waals surface area contributed by atoms with Crippen molar-refractivity contribution in [2.24, 2.45) is 0 Å². The second-order valence-electron chi connectivity index (χ2n) is 9.47. The van der Waals surface area contributed by atoms with Gasteiger partial charge in [-0.1, -0.05) is 18.2 Å². The largest absolute Gasteiger partial charge is 0.381 e. The summed E-state index contributed by atoms with van der Waals surface area (Å²) in [5, 5.41) is 8.42. The highest BCUT2D eigenvalue weighted by Gasteiger charge is 2.26. The highest BCUT2D eigenvalue weighted by atomic mass is 19.3. The van der Waals surface area contributed by atoms with Gasteiger partial charge in [-0.3, -0.25) is 9.59 Å². The number of benzene rings is 2. The maximum Gasteiger partial charge on any atom is 0.266 e. The van der Waals surface area contributed by atoms with Crippen LogP contribution in [0.25, 0.3) is 0 Å². The molecule has 0 unspecified atom stereocenters. The number of nitrogens with one attached hydrogen (secondary N) is 3. The summed E-state index contributed by atoms with van der Waals surface area (Å²) in [6.45, 7) is 6.57. The molecule has 0 aromatic heterocycles. The zero-order valence-corrected chi connectivity index (χ0v) is 20.8. The number of piperidine rings is 1. The van der Waals surface area contributed by atoms with Gasteiger partial charge in [0, 0.05) is 17.6 Å². The van der Waals surface area contributed by atoms with Crippen molar-refractivity contribution in [3.8, 4) is 0 Å². The van der Waals surface area contributed by atoms with E-state index in [1.54, 1.807) is 13.8 Å². The number of hydrogen-bond donors (Lipinski definition) is 3. The van der Waals surface area contributed by atoms with Crippen molar-refractivity contribution >= 4 is 17.5 Å². The van der Waals surface area contributed by atoms with E-state index in [1.807, 2.05) is 7.05 Å². The topological polar surface area (TPSA) is 73.5 Å². The fourth-order valence-corrected chi connectivity index (χ4v) is 4.19. The molecule has 1 fully saturated rings. The van der Waals surface area contributed by atoms with Crippen molar-refractivity contribution in [3.05, 3.63) is 64.2 Å². The summed E-state index contributed by atoms with van der Waals surface area (Å²) in [5.74, 6) is -3.26. The molecule has 2 aromatic rings. The summed E-state index contributed by atoms with van der Waals surface area (Å²) in [6.07, 6.45) is -1.45. The number of carbonyl (C=O) groups is 2. The highest BCUT2D eigenvalue weighted by molar-refractivity contribution is 6.04. The zero-order valence-electron chi connectivity index (χ0n) is 20.8. The van der Waals surface area contributed by atoms with Gasteiger partial charge in [-0.05, 0) is 65.9 Å². The van der Waals surface area contributed by atoms with Gasteiger partial charge in [-0.2, -0.15) is 0 Å².